The van der Waals surface area contributed by atoms with Gasteiger partial charge in [0.1, 0.15) is 5.75 Å². The first-order valence-corrected chi connectivity index (χ1v) is 8.02. The van der Waals surface area contributed by atoms with Crippen LogP contribution in [0, 0.1) is 13.8 Å². The van der Waals surface area contributed by atoms with Crippen LogP contribution in [0.1, 0.15) is 43.0 Å². The minimum atomic E-state index is 0.342. The fraction of sp³-hybridized carbons (Fsp3) is 0.625. The fourth-order valence-corrected chi connectivity index (χ4v) is 3.33. The molecule has 0 fully saturated rings. The SMILES string of the molecule is CCC(C)SCC(NC)c1c(C)cc(C)cc1OC. The number of benzene rings is 1. The molecule has 0 amide bonds. The average molecular weight is 281 g/mol. The third kappa shape index (κ3) is 4.43. The smallest absolute Gasteiger partial charge is 0.124 e. The van der Waals surface area contributed by atoms with E-state index in [1.54, 1.807) is 7.11 Å². The van der Waals surface area contributed by atoms with Gasteiger partial charge in [0.05, 0.1) is 7.11 Å². The molecule has 2 unspecified atom stereocenters. The third-order valence-corrected chi connectivity index (χ3v) is 4.96. The van der Waals surface area contributed by atoms with Crippen molar-refractivity contribution in [1.29, 1.82) is 0 Å². The lowest BCUT2D eigenvalue weighted by atomic mass is 9.99. The van der Waals surface area contributed by atoms with Gasteiger partial charge in [0.15, 0.2) is 0 Å². The lowest BCUT2D eigenvalue weighted by Crippen LogP contribution is -2.21. The van der Waals surface area contributed by atoms with E-state index in [0.717, 1.165) is 11.5 Å². The van der Waals surface area contributed by atoms with Crippen molar-refractivity contribution in [2.24, 2.45) is 0 Å². The van der Waals surface area contributed by atoms with Crippen molar-refractivity contribution < 1.29 is 4.74 Å². The van der Waals surface area contributed by atoms with Gasteiger partial charge in [0, 0.05) is 22.6 Å². The van der Waals surface area contributed by atoms with Gasteiger partial charge in [-0.25, -0.2) is 0 Å². The van der Waals surface area contributed by atoms with E-state index in [9.17, 15) is 0 Å². The van der Waals surface area contributed by atoms with Crippen LogP contribution in [0.15, 0.2) is 12.1 Å². The lowest BCUT2D eigenvalue weighted by molar-refractivity contribution is 0.403. The Hall–Kier alpha value is -0.670. The Balaban J connectivity index is 2.97. The molecule has 0 aliphatic heterocycles. The fourth-order valence-electron chi connectivity index (χ4n) is 2.24. The molecule has 1 aromatic carbocycles. The molecule has 2 nitrogen and oxygen atoms in total. The molecular formula is C16H27NOS. The largest absolute Gasteiger partial charge is 0.496 e. The van der Waals surface area contributed by atoms with Gasteiger partial charge < -0.3 is 10.1 Å². The highest BCUT2D eigenvalue weighted by atomic mass is 32.2. The second-order valence-electron chi connectivity index (χ2n) is 5.09. The van der Waals surface area contributed by atoms with Gasteiger partial charge >= 0.3 is 0 Å². The minimum Gasteiger partial charge on any atom is -0.496 e. The van der Waals surface area contributed by atoms with E-state index in [1.165, 1.54) is 23.1 Å². The van der Waals surface area contributed by atoms with Crippen LogP contribution in [0.3, 0.4) is 0 Å². The molecule has 0 aromatic heterocycles. The highest BCUT2D eigenvalue weighted by Gasteiger charge is 2.18. The standard InChI is InChI=1S/C16H27NOS/c1-7-13(4)19-10-14(17-5)16-12(3)8-11(2)9-15(16)18-6/h8-9,13-14,17H,7,10H2,1-6H3. The molecule has 19 heavy (non-hydrogen) atoms. The van der Waals surface area contributed by atoms with Crippen molar-refractivity contribution in [2.75, 3.05) is 19.9 Å². The van der Waals surface area contributed by atoms with E-state index in [1.807, 2.05) is 18.8 Å². The number of ether oxygens (including phenoxy) is 1. The lowest BCUT2D eigenvalue weighted by Gasteiger charge is -2.23. The van der Waals surface area contributed by atoms with Gasteiger partial charge in [-0.1, -0.05) is 19.9 Å². The van der Waals surface area contributed by atoms with Crippen molar-refractivity contribution in [2.45, 2.75) is 45.4 Å². The van der Waals surface area contributed by atoms with Gasteiger partial charge in [0.25, 0.3) is 0 Å². The van der Waals surface area contributed by atoms with Crippen LogP contribution in [0.4, 0.5) is 0 Å². The van der Waals surface area contributed by atoms with Crippen LogP contribution < -0.4 is 10.1 Å². The zero-order chi connectivity index (χ0) is 14.4. The minimum absolute atomic E-state index is 0.342. The summed E-state index contributed by atoms with van der Waals surface area (Å²) in [6.45, 7) is 8.81. The number of nitrogens with one attached hydrogen (secondary N) is 1. The van der Waals surface area contributed by atoms with Crippen LogP contribution in [0.25, 0.3) is 0 Å². The van der Waals surface area contributed by atoms with Gasteiger partial charge in [-0.05, 0) is 44.5 Å². The number of aryl methyl sites for hydroxylation is 2. The Morgan fingerprint density at radius 2 is 2.00 bits per heavy atom. The van der Waals surface area contributed by atoms with Crippen LogP contribution in [-0.2, 0) is 0 Å². The van der Waals surface area contributed by atoms with Gasteiger partial charge in [0.2, 0.25) is 0 Å². The summed E-state index contributed by atoms with van der Waals surface area (Å²) in [4.78, 5) is 0. The predicted octanol–water partition coefficient (Wildman–Crippen LogP) is 4.10. The maximum Gasteiger partial charge on any atom is 0.124 e. The van der Waals surface area contributed by atoms with Crippen LogP contribution in [0.5, 0.6) is 5.75 Å². The van der Waals surface area contributed by atoms with Crippen LogP contribution in [0.2, 0.25) is 0 Å². The monoisotopic (exact) mass is 281 g/mol. The number of hydrogen-bond acceptors (Lipinski definition) is 3. The van der Waals surface area contributed by atoms with Crippen LogP contribution in [-0.4, -0.2) is 25.2 Å². The number of methoxy groups -OCH3 is 1. The Morgan fingerprint density at radius 3 is 2.53 bits per heavy atom. The third-order valence-electron chi connectivity index (χ3n) is 3.53. The molecule has 0 radical (unpaired) electrons. The summed E-state index contributed by atoms with van der Waals surface area (Å²) in [5, 5.41) is 4.13. The van der Waals surface area contributed by atoms with E-state index in [2.05, 4.69) is 45.1 Å². The maximum absolute atomic E-state index is 5.57. The number of rotatable bonds is 7. The molecule has 0 aliphatic rings. The van der Waals surface area contributed by atoms with E-state index in [0.29, 0.717) is 11.3 Å². The summed E-state index contributed by atoms with van der Waals surface area (Å²) in [5.74, 6) is 2.08. The summed E-state index contributed by atoms with van der Waals surface area (Å²) < 4.78 is 5.57. The quantitative estimate of drug-likeness (QED) is 0.813. The Bertz CT molecular complexity index is 406. The molecule has 1 N–H and O–H groups in total. The van der Waals surface area contributed by atoms with Gasteiger partial charge in [-0.15, -0.1) is 0 Å². The number of thioether (sulfide) groups is 1. The van der Waals surface area contributed by atoms with E-state index < -0.39 is 0 Å². The first-order valence-electron chi connectivity index (χ1n) is 6.97. The topological polar surface area (TPSA) is 21.3 Å². The summed E-state index contributed by atoms with van der Waals surface area (Å²) in [6, 6.07) is 4.70. The molecule has 0 heterocycles. The maximum atomic E-state index is 5.57. The van der Waals surface area contributed by atoms with E-state index >= 15 is 0 Å². The molecule has 0 aliphatic carbocycles. The van der Waals surface area contributed by atoms with E-state index in [4.69, 9.17) is 4.74 Å². The molecular weight excluding hydrogens is 254 g/mol. The van der Waals surface area contributed by atoms with E-state index in [-0.39, 0.29) is 0 Å². The van der Waals surface area contributed by atoms with Crippen molar-refractivity contribution in [3.63, 3.8) is 0 Å². The molecule has 1 aromatic rings. The second kappa shape index (κ2) is 7.81. The zero-order valence-corrected chi connectivity index (χ0v) is 13.9. The highest BCUT2D eigenvalue weighted by Crippen LogP contribution is 2.32. The Kier molecular flexibility index (Phi) is 6.73. The normalized spacial score (nSPS) is 14.2. The zero-order valence-electron chi connectivity index (χ0n) is 13.0. The molecule has 1 rings (SSSR count). The van der Waals surface area contributed by atoms with Crippen molar-refractivity contribution in [3.8, 4) is 5.75 Å². The summed E-state index contributed by atoms with van der Waals surface area (Å²) >= 11 is 2.02. The molecule has 2 atom stereocenters. The van der Waals surface area contributed by atoms with Crippen molar-refractivity contribution in [3.05, 3.63) is 28.8 Å². The van der Waals surface area contributed by atoms with Gasteiger partial charge in [-0.3, -0.25) is 0 Å². The Morgan fingerprint density at radius 1 is 1.32 bits per heavy atom. The summed E-state index contributed by atoms with van der Waals surface area (Å²) in [6.07, 6.45) is 1.21. The first kappa shape index (κ1) is 16.4. The highest BCUT2D eigenvalue weighted by molar-refractivity contribution is 7.99. The molecule has 0 saturated heterocycles. The Labute approximate surface area is 122 Å². The molecule has 0 bridgehead atoms. The van der Waals surface area contributed by atoms with Gasteiger partial charge in [-0.2, -0.15) is 11.8 Å². The molecule has 108 valence electrons. The average Bonchev–Trinajstić information content (AvgIpc) is 2.40. The number of hydrogen-bond donors (Lipinski definition) is 1. The first-order chi connectivity index (χ1) is 9.03. The molecule has 0 spiro atoms. The van der Waals surface area contributed by atoms with Crippen LogP contribution >= 0.6 is 11.8 Å². The summed E-state index contributed by atoms with van der Waals surface area (Å²) in [5.41, 5.74) is 3.86. The second-order valence-corrected chi connectivity index (χ2v) is 6.56. The molecule has 0 saturated carbocycles. The predicted molar refractivity (Wildman–Crippen MR) is 86.5 cm³/mol. The van der Waals surface area contributed by atoms with Crippen molar-refractivity contribution in [1.82, 2.24) is 5.32 Å². The van der Waals surface area contributed by atoms with Crippen molar-refractivity contribution >= 4 is 11.8 Å². The molecule has 3 heteroatoms. The summed E-state index contributed by atoms with van der Waals surface area (Å²) in [7, 11) is 3.78.